The van der Waals surface area contributed by atoms with Crippen molar-refractivity contribution in [2.45, 2.75) is 39.3 Å². The first-order valence-corrected chi connectivity index (χ1v) is 8.13. The van der Waals surface area contributed by atoms with Crippen LogP contribution in [0.4, 0.5) is 4.39 Å². The Bertz CT molecular complexity index is 583. The average Bonchev–Trinajstić information content (AvgIpc) is 2.91. The van der Waals surface area contributed by atoms with Crippen LogP contribution in [0.1, 0.15) is 37.4 Å². The van der Waals surface area contributed by atoms with Crippen LogP contribution in [0.25, 0.3) is 0 Å². The number of hydrogen-bond acceptors (Lipinski definition) is 2. The molecule has 1 unspecified atom stereocenters. The van der Waals surface area contributed by atoms with Crippen molar-refractivity contribution < 1.29 is 4.39 Å². The maximum atomic E-state index is 13.3. The third-order valence-corrected chi connectivity index (χ3v) is 4.12. The first-order valence-electron chi connectivity index (χ1n) is 7.33. The van der Waals surface area contributed by atoms with Gasteiger partial charge in [0.25, 0.3) is 0 Å². The van der Waals surface area contributed by atoms with Gasteiger partial charge >= 0.3 is 0 Å². The molecule has 0 aliphatic carbocycles. The van der Waals surface area contributed by atoms with Crippen LogP contribution in [0.2, 0.25) is 0 Å². The Labute approximate surface area is 133 Å². The van der Waals surface area contributed by atoms with E-state index in [0.29, 0.717) is 0 Å². The molecule has 114 valence electrons. The largest absolute Gasteiger partial charge is 0.310 e. The Hall–Kier alpha value is -1.20. The van der Waals surface area contributed by atoms with E-state index in [9.17, 15) is 4.39 Å². The summed E-state index contributed by atoms with van der Waals surface area (Å²) in [6.07, 6.45) is 5.87. The van der Waals surface area contributed by atoms with Gasteiger partial charge < -0.3 is 5.32 Å². The van der Waals surface area contributed by atoms with Crippen molar-refractivity contribution in [2.24, 2.45) is 0 Å². The zero-order chi connectivity index (χ0) is 15.2. The van der Waals surface area contributed by atoms with Crippen LogP contribution in [0, 0.1) is 5.82 Å². The highest BCUT2D eigenvalue weighted by Gasteiger charge is 2.16. The van der Waals surface area contributed by atoms with Gasteiger partial charge in [-0.2, -0.15) is 5.10 Å². The predicted molar refractivity (Wildman–Crippen MR) is 86.7 cm³/mol. The molecule has 0 saturated carbocycles. The van der Waals surface area contributed by atoms with E-state index >= 15 is 0 Å². The van der Waals surface area contributed by atoms with Crippen molar-refractivity contribution in [3.8, 4) is 0 Å². The standard InChI is InChI=1S/C16H21BrFN3/c1-3-7-19-16(8-12-10-20-21(4-2)11-12)14-6-5-13(18)9-15(14)17/h5-6,9-11,16,19H,3-4,7-8H2,1-2H3. The van der Waals surface area contributed by atoms with Gasteiger partial charge in [-0.3, -0.25) is 4.68 Å². The van der Waals surface area contributed by atoms with Gasteiger partial charge in [0.05, 0.1) is 6.20 Å². The van der Waals surface area contributed by atoms with Gasteiger partial charge in [0.1, 0.15) is 5.82 Å². The average molecular weight is 354 g/mol. The van der Waals surface area contributed by atoms with E-state index in [4.69, 9.17) is 0 Å². The number of rotatable bonds is 7. The molecule has 0 fully saturated rings. The van der Waals surface area contributed by atoms with Crippen LogP contribution in [0.15, 0.2) is 35.1 Å². The second kappa shape index (κ2) is 7.71. The summed E-state index contributed by atoms with van der Waals surface area (Å²) >= 11 is 3.47. The summed E-state index contributed by atoms with van der Waals surface area (Å²) in [6, 6.07) is 5.02. The van der Waals surface area contributed by atoms with Crippen molar-refractivity contribution in [3.05, 3.63) is 52.0 Å². The third-order valence-electron chi connectivity index (χ3n) is 3.43. The van der Waals surface area contributed by atoms with Gasteiger partial charge in [-0.15, -0.1) is 0 Å². The first-order chi connectivity index (χ1) is 10.1. The van der Waals surface area contributed by atoms with Crippen LogP contribution < -0.4 is 5.32 Å². The molecule has 5 heteroatoms. The van der Waals surface area contributed by atoms with E-state index in [1.165, 1.54) is 17.7 Å². The lowest BCUT2D eigenvalue weighted by atomic mass is 10.0. The first kappa shape index (κ1) is 16.2. The number of nitrogens with one attached hydrogen (secondary N) is 1. The van der Waals surface area contributed by atoms with Crippen molar-refractivity contribution in [3.63, 3.8) is 0 Å². The van der Waals surface area contributed by atoms with Crippen LogP contribution in [0.3, 0.4) is 0 Å². The van der Waals surface area contributed by atoms with E-state index in [1.807, 2.05) is 16.9 Å². The summed E-state index contributed by atoms with van der Waals surface area (Å²) in [7, 11) is 0. The lowest BCUT2D eigenvalue weighted by Gasteiger charge is -2.20. The van der Waals surface area contributed by atoms with Crippen molar-refractivity contribution in [2.75, 3.05) is 6.54 Å². The van der Waals surface area contributed by atoms with E-state index in [2.05, 4.69) is 46.4 Å². The minimum atomic E-state index is -0.223. The summed E-state index contributed by atoms with van der Waals surface area (Å²) in [6.45, 7) is 6.00. The second-order valence-corrected chi connectivity index (χ2v) is 5.94. The molecule has 0 radical (unpaired) electrons. The van der Waals surface area contributed by atoms with E-state index < -0.39 is 0 Å². The number of aromatic nitrogens is 2. The highest BCUT2D eigenvalue weighted by molar-refractivity contribution is 9.10. The molecule has 0 spiro atoms. The molecule has 1 aromatic carbocycles. The summed E-state index contributed by atoms with van der Waals surface area (Å²) < 4.78 is 16.0. The lowest BCUT2D eigenvalue weighted by Crippen LogP contribution is -2.24. The molecule has 1 atom stereocenters. The Morgan fingerprint density at radius 1 is 1.38 bits per heavy atom. The molecule has 2 aromatic rings. The molecule has 0 amide bonds. The zero-order valence-corrected chi connectivity index (χ0v) is 14.0. The number of benzene rings is 1. The van der Waals surface area contributed by atoms with Gasteiger partial charge in [0.2, 0.25) is 0 Å². The zero-order valence-electron chi connectivity index (χ0n) is 12.4. The molecule has 21 heavy (non-hydrogen) atoms. The summed E-state index contributed by atoms with van der Waals surface area (Å²) in [4.78, 5) is 0. The molecule has 0 bridgehead atoms. The van der Waals surface area contributed by atoms with Gasteiger partial charge in [-0.1, -0.05) is 28.9 Å². The van der Waals surface area contributed by atoms with Gasteiger partial charge in [0, 0.05) is 23.3 Å². The van der Waals surface area contributed by atoms with Gasteiger partial charge in [0.15, 0.2) is 0 Å². The van der Waals surface area contributed by atoms with Crippen LogP contribution >= 0.6 is 15.9 Å². The Morgan fingerprint density at radius 3 is 2.81 bits per heavy atom. The quantitative estimate of drug-likeness (QED) is 0.812. The van der Waals surface area contributed by atoms with E-state index in [1.54, 1.807) is 0 Å². The van der Waals surface area contributed by atoms with Gasteiger partial charge in [-0.25, -0.2) is 4.39 Å². The van der Waals surface area contributed by atoms with Crippen LogP contribution in [0.5, 0.6) is 0 Å². The van der Waals surface area contributed by atoms with E-state index in [-0.39, 0.29) is 11.9 Å². The number of halogens is 2. The van der Waals surface area contributed by atoms with Gasteiger partial charge in [-0.05, 0) is 49.6 Å². The molecule has 1 N–H and O–H groups in total. The Kier molecular flexibility index (Phi) is 5.94. The molecule has 1 aromatic heterocycles. The topological polar surface area (TPSA) is 29.9 Å². The minimum absolute atomic E-state index is 0.148. The molecule has 0 aliphatic rings. The Balaban J connectivity index is 2.20. The van der Waals surface area contributed by atoms with Crippen molar-refractivity contribution >= 4 is 15.9 Å². The fraction of sp³-hybridized carbons (Fsp3) is 0.438. The number of nitrogens with zero attached hydrogens (tertiary/aromatic N) is 2. The molecule has 1 heterocycles. The van der Waals surface area contributed by atoms with Crippen molar-refractivity contribution in [1.82, 2.24) is 15.1 Å². The maximum Gasteiger partial charge on any atom is 0.124 e. The molecule has 0 saturated heterocycles. The van der Waals surface area contributed by atoms with Crippen molar-refractivity contribution in [1.29, 1.82) is 0 Å². The predicted octanol–water partition coefficient (Wildman–Crippen LogP) is 4.09. The SMILES string of the molecule is CCCNC(Cc1cnn(CC)c1)c1ccc(F)cc1Br. The Morgan fingerprint density at radius 2 is 2.19 bits per heavy atom. The molecular weight excluding hydrogens is 333 g/mol. The van der Waals surface area contributed by atoms with Crippen LogP contribution in [-0.4, -0.2) is 16.3 Å². The van der Waals surface area contributed by atoms with E-state index in [0.717, 1.165) is 36.0 Å². The molecule has 0 aliphatic heterocycles. The highest BCUT2D eigenvalue weighted by Crippen LogP contribution is 2.27. The highest BCUT2D eigenvalue weighted by atomic mass is 79.9. The molecular formula is C16H21BrFN3. The monoisotopic (exact) mass is 353 g/mol. The lowest BCUT2D eigenvalue weighted by molar-refractivity contribution is 0.525. The van der Waals surface area contributed by atoms with Crippen LogP contribution in [-0.2, 0) is 13.0 Å². The summed E-state index contributed by atoms with van der Waals surface area (Å²) in [5, 5.41) is 7.85. The fourth-order valence-corrected chi connectivity index (χ4v) is 2.94. The second-order valence-electron chi connectivity index (χ2n) is 5.08. The number of hydrogen-bond donors (Lipinski definition) is 1. The normalized spacial score (nSPS) is 12.6. The minimum Gasteiger partial charge on any atom is -0.310 e. The smallest absolute Gasteiger partial charge is 0.124 e. The molecule has 2 rings (SSSR count). The summed E-state index contributed by atoms with van der Waals surface area (Å²) in [5.74, 6) is -0.223. The third kappa shape index (κ3) is 4.38. The molecule has 3 nitrogen and oxygen atoms in total. The summed E-state index contributed by atoms with van der Waals surface area (Å²) in [5.41, 5.74) is 2.26. The maximum absolute atomic E-state index is 13.3. The fourth-order valence-electron chi connectivity index (χ4n) is 2.32. The number of aryl methyl sites for hydroxylation is 1.